The monoisotopic (exact) mass is 405 g/mol. The van der Waals surface area contributed by atoms with Crippen LogP contribution >= 0.6 is 11.3 Å². The lowest BCUT2D eigenvalue weighted by Gasteiger charge is -2.25. The van der Waals surface area contributed by atoms with Crippen LogP contribution in [-0.4, -0.2) is 0 Å². The third-order valence-electron chi connectivity index (χ3n) is 5.07. The molecule has 2 nitrogen and oxygen atoms in total. The number of anilines is 3. The van der Waals surface area contributed by atoms with Crippen LogP contribution in [0.5, 0.6) is 0 Å². The SMILES string of the molecule is O=c1cc(-c2ccc(N(c3ccccc3)c3ccccc3)cc2)sc2ccccc12. The predicted molar refractivity (Wildman–Crippen MR) is 128 cm³/mol. The first kappa shape index (κ1) is 18.3. The molecule has 0 unspecified atom stereocenters. The second kappa shape index (κ2) is 7.97. The summed E-state index contributed by atoms with van der Waals surface area (Å²) >= 11 is 1.65. The van der Waals surface area contributed by atoms with Crippen molar-refractivity contribution < 1.29 is 0 Å². The number of rotatable bonds is 4. The molecule has 0 spiro atoms. The van der Waals surface area contributed by atoms with Crippen molar-refractivity contribution in [1.29, 1.82) is 0 Å². The van der Waals surface area contributed by atoms with E-state index in [4.69, 9.17) is 0 Å². The Kier molecular flexibility index (Phi) is 4.88. The van der Waals surface area contributed by atoms with E-state index in [1.165, 1.54) is 0 Å². The van der Waals surface area contributed by atoms with Gasteiger partial charge in [-0.25, -0.2) is 0 Å². The number of para-hydroxylation sites is 2. The van der Waals surface area contributed by atoms with Crippen LogP contribution in [0.4, 0.5) is 17.1 Å². The van der Waals surface area contributed by atoms with Crippen molar-refractivity contribution in [3.8, 4) is 10.4 Å². The van der Waals surface area contributed by atoms with Gasteiger partial charge in [-0.05, 0) is 54.1 Å². The standard InChI is InChI=1S/C27H19NOS/c29-25-19-27(30-26-14-8-7-13-24(25)26)20-15-17-23(18-16-20)28(21-9-3-1-4-10-21)22-11-5-2-6-12-22/h1-19H. The number of hydrogen-bond acceptors (Lipinski definition) is 3. The Morgan fingerprint density at radius 3 is 1.73 bits per heavy atom. The van der Waals surface area contributed by atoms with Gasteiger partial charge in [0.1, 0.15) is 0 Å². The van der Waals surface area contributed by atoms with Crippen LogP contribution in [0.3, 0.4) is 0 Å². The van der Waals surface area contributed by atoms with Crippen molar-refractivity contribution in [2.75, 3.05) is 4.90 Å². The molecule has 1 aromatic heterocycles. The van der Waals surface area contributed by atoms with Crippen LogP contribution in [0.15, 0.2) is 120 Å². The van der Waals surface area contributed by atoms with Crippen LogP contribution in [0.2, 0.25) is 0 Å². The smallest absolute Gasteiger partial charge is 0.188 e. The summed E-state index contributed by atoms with van der Waals surface area (Å²) in [5, 5.41) is 0.780. The molecule has 0 aliphatic carbocycles. The van der Waals surface area contributed by atoms with Gasteiger partial charge in [0.15, 0.2) is 5.43 Å². The molecular weight excluding hydrogens is 386 g/mol. The summed E-state index contributed by atoms with van der Waals surface area (Å²) in [4.78, 5) is 15.7. The lowest BCUT2D eigenvalue weighted by atomic mass is 10.1. The Balaban J connectivity index is 1.57. The summed E-state index contributed by atoms with van der Waals surface area (Å²) in [6.45, 7) is 0. The highest BCUT2D eigenvalue weighted by atomic mass is 32.1. The van der Waals surface area contributed by atoms with Crippen LogP contribution < -0.4 is 10.3 Å². The van der Waals surface area contributed by atoms with E-state index in [0.29, 0.717) is 0 Å². The maximum atomic E-state index is 12.5. The van der Waals surface area contributed by atoms with E-state index >= 15 is 0 Å². The molecule has 1 heterocycles. The first-order valence-corrected chi connectivity index (χ1v) is 10.6. The Morgan fingerprint density at radius 1 is 0.567 bits per heavy atom. The molecular formula is C27H19NOS. The molecule has 4 aromatic carbocycles. The number of fused-ring (bicyclic) bond motifs is 1. The molecule has 5 aromatic rings. The summed E-state index contributed by atoms with van der Waals surface area (Å²) in [6, 6.07) is 38.6. The van der Waals surface area contributed by atoms with E-state index in [-0.39, 0.29) is 5.43 Å². The molecule has 0 aliphatic heterocycles. The minimum absolute atomic E-state index is 0.0682. The fourth-order valence-corrected chi connectivity index (χ4v) is 4.70. The number of benzene rings is 4. The summed E-state index contributed by atoms with van der Waals surface area (Å²) < 4.78 is 1.01. The predicted octanol–water partition coefficient (Wildman–Crippen LogP) is 7.40. The van der Waals surface area contributed by atoms with Gasteiger partial charge in [-0.2, -0.15) is 0 Å². The zero-order chi connectivity index (χ0) is 20.3. The van der Waals surface area contributed by atoms with E-state index in [2.05, 4.69) is 53.4 Å². The first-order chi connectivity index (χ1) is 14.8. The van der Waals surface area contributed by atoms with Crippen LogP contribution in [0, 0.1) is 0 Å². The number of nitrogens with zero attached hydrogens (tertiary/aromatic N) is 1. The van der Waals surface area contributed by atoms with E-state index in [1.807, 2.05) is 60.7 Å². The molecule has 0 fully saturated rings. The highest BCUT2D eigenvalue weighted by Gasteiger charge is 2.12. The van der Waals surface area contributed by atoms with Crippen LogP contribution in [0.1, 0.15) is 0 Å². The molecule has 0 saturated heterocycles. The lowest BCUT2D eigenvalue weighted by Crippen LogP contribution is -2.09. The van der Waals surface area contributed by atoms with E-state index < -0.39 is 0 Å². The molecule has 0 amide bonds. The molecule has 0 atom stereocenters. The lowest BCUT2D eigenvalue weighted by molar-refractivity contribution is 1.28. The van der Waals surface area contributed by atoms with Crippen molar-refractivity contribution in [3.63, 3.8) is 0 Å². The average Bonchev–Trinajstić information content (AvgIpc) is 2.81. The highest BCUT2D eigenvalue weighted by Crippen LogP contribution is 2.36. The van der Waals surface area contributed by atoms with Crippen molar-refractivity contribution in [3.05, 3.63) is 125 Å². The Hall–Kier alpha value is -3.69. The first-order valence-electron chi connectivity index (χ1n) is 9.83. The molecule has 30 heavy (non-hydrogen) atoms. The normalized spacial score (nSPS) is 10.8. The molecule has 3 heteroatoms. The summed E-state index contributed by atoms with van der Waals surface area (Å²) in [6.07, 6.45) is 0. The van der Waals surface area contributed by atoms with Gasteiger partial charge >= 0.3 is 0 Å². The number of hydrogen-bond donors (Lipinski definition) is 0. The topological polar surface area (TPSA) is 20.3 Å². The van der Waals surface area contributed by atoms with E-state index in [1.54, 1.807) is 17.4 Å². The third kappa shape index (κ3) is 3.51. The molecule has 5 rings (SSSR count). The molecule has 0 bridgehead atoms. The Labute approximate surface area is 179 Å². The Morgan fingerprint density at radius 2 is 1.10 bits per heavy atom. The van der Waals surface area contributed by atoms with Crippen molar-refractivity contribution in [2.24, 2.45) is 0 Å². The van der Waals surface area contributed by atoms with Crippen molar-refractivity contribution >= 4 is 38.5 Å². The fraction of sp³-hybridized carbons (Fsp3) is 0. The van der Waals surface area contributed by atoms with Gasteiger partial charge < -0.3 is 4.90 Å². The zero-order valence-electron chi connectivity index (χ0n) is 16.2. The molecule has 0 N–H and O–H groups in total. The van der Waals surface area contributed by atoms with Crippen molar-refractivity contribution in [1.82, 2.24) is 0 Å². The minimum atomic E-state index is 0.0682. The quantitative estimate of drug-likeness (QED) is 0.310. The van der Waals surface area contributed by atoms with E-state index in [0.717, 1.165) is 37.6 Å². The molecule has 0 aliphatic rings. The summed E-state index contributed by atoms with van der Waals surface area (Å²) in [5.74, 6) is 0. The van der Waals surface area contributed by atoms with Crippen LogP contribution in [-0.2, 0) is 0 Å². The summed E-state index contributed by atoms with van der Waals surface area (Å²) in [5.41, 5.74) is 4.40. The van der Waals surface area contributed by atoms with Gasteiger partial charge in [-0.3, -0.25) is 4.79 Å². The van der Waals surface area contributed by atoms with Crippen LogP contribution in [0.25, 0.3) is 20.5 Å². The maximum absolute atomic E-state index is 12.5. The molecule has 0 radical (unpaired) electrons. The average molecular weight is 406 g/mol. The van der Waals surface area contributed by atoms with Gasteiger partial charge in [0.2, 0.25) is 0 Å². The Bertz CT molecular complexity index is 1300. The zero-order valence-corrected chi connectivity index (χ0v) is 17.0. The van der Waals surface area contributed by atoms with Crippen molar-refractivity contribution in [2.45, 2.75) is 0 Å². The minimum Gasteiger partial charge on any atom is -0.311 e. The molecule has 0 saturated carbocycles. The largest absolute Gasteiger partial charge is 0.311 e. The van der Waals surface area contributed by atoms with Gasteiger partial charge in [0.05, 0.1) is 0 Å². The van der Waals surface area contributed by atoms with Gasteiger partial charge in [0, 0.05) is 38.1 Å². The second-order valence-electron chi connectivity index (χ2n) is 7.02. The second-order valence-corrected chi connectivity index (χ2v) is 8.11. The van der Waals surface area contributed by atoms with Gasteiger partial charge in [-0.1, -0.05) is 60.7 Å². The fourth-order valence-electron chi connectivity index (χ4n) is 3.62. The highest BCUT2D eigenvalue weighted by molar-refractivity contribution is 7.21. The molecule has 144 valence electrons. The van der Waals surface area contributed by atoms with Gasteiger partial charge in [0.25, 0.3) is 0 Å². The van der Waals surface area contributed by atoms with Gasteiger partial charge in [-0.15, -0.1) is 11.3 Å². The summed E-state index contributed by atoms with van der Waals surface area (Å²) in [7, 11) is 0. The van der Waals surface area contributed by atoms with E-state index in [9.17, 15) is 4.79 Å². The maximum Gasteiger partial charge on any atom is 0.188 e. The third-order valence-corrected chi connectivity index (χ3v) is 6.22.